The molecule has 0 aliphatic heterocycles. The quantitative estimate of drug-likeness (QED) is 0.438. The maximum Gasteiger partial charge on any atom is 0.417 e. The lowest BCUT2D eigenvalue weighted by Crippen LogP contribution is -2.16. The lowest BCUT2D eigenvalue weighted by Gasteiger charge is -2.15. The average Bonchev–Trinajstić information content (AvgIpc) is 2.76. The predicted octanol–water partition coefficient (Wildman–Crippen LogP) is 5.01. The van der Waals surface area contributed by atoms with E-state index in [4.69, 9.17) is 16.3 Å². The second kappa shape index (κ2) is 10.2. The van der Waals surface area contributed by atoms with Crippen LogP contribution < -0.4 is 14.8 Å². The van der Waals surface area contributed by atoms with E-state index in [2.05, 4.69) is 31.8 Å². The monoisotopic (exact) mass is 524 g/mol. The van der Waals surface area contributed by atoms with Gasteiger partial charge in [-0.1, -0.05) is 17.5 Å². The molecule has 0 unspecified atom stereocenters. The highest BCUT2D eigenvalue weighted by atomic mass is 35.5. The molecule has 2 heterocycles. The highest BCUT2D eigenvalue weighted by Crippen LogP contribution is 2.37. The van der Waals surface area contributed by atoms with Crippen LogP contribution in [0.25, 0.3) is 0 Å². The Hall–Kier alpha value is -3.82. The Morgan fingerprint density at radius 3 is 2.49 bits per heavy atom. The lowest BCUT2D eigenvalue weighted by atomic mass is 10.2. The van der Waals surface area contributed by atoms with Crippen LogP contribution in [0.15, 0.2) is 53.7 Å². The molecule has 13 heteroatoms. The van der Waals surface area contributed by atoms with Gasteiger partial charge in [-0.25, -0.2) is 18.4 Å². The van der Waals surface area contributed by atoms with Crippen molar-refractivity contribution in [2.75, 3.05) is 10.0 Å². The SMILES string of the molecule is CC#CC(=O)Nc1ccc(Oc2ncc(C)cc2NS(=O)(=O)c2ccc(Cl)c(C(F)(F)F)c2)cn1. The van der Waals surface area contributed by atoms with Crippen molar-refractivity contribution in [2.45, 2.75) is 24.9 Å². The van der Waals surface area contributed by atoms with E-state index in [1.807, 2.05) is 0 Å². The molecular formula is C22H16ClF3N4O4S. The van der Waals surface area contributed by atoms with Gasteiger partial charge in [0.2, 0.25) is 5.88 Å². The van der Waals surface area contributed by atoms with E-state index < -0.39 is 37.6 Å². The van der Waals surface area contributed by atoms with Crippen LogP contribution in [0.3, 0.4) is 0 Å². The molecule has 0 atom stereocenters. The molecule has 35 heavy (non-hydrogen) atoms. The van der Waals surface area contributed by atoms with Gasteiger partial charge < -0.3 is 4.74 Å². The fourth-order valence-electron chi connectivity index (χ4n) is 2.69. The van der Waals surface area contributed by atoms with E-state index in [-0.39, 0.29) is 23.1 Å². The molecule has 0 saturated heterocycles. The number of nitrogens with one attached hydrogen (secondary N) is 2. The van der Waals surface area contributed by atoms with Gasteiger partial charge in [-0.15, -0.1) is 0 Å². The first kappa shape index (κ1) is 25.8. The molecule has 3 aromatic rings. The predicted molar refractivity (Wildman–Crippen MR) is 123 cm³/mol. The molecule has 0 aliphatic carbocycles. The molecule has 1 aromatic carbocycles. The molecule has 0 aliphatic rings. The first-order valence-corrected chi connectivity index (χ1v) is 11.5. The van der Waals surface area contributed by atoms with Crippen LogP contribution >= 0.6 is 11.6 Å². The van der Waals surface area contributed by atoms with Gasteiger partial charge in [-0.2, -0.15) is 13.2 Å². The Morgan fingerprint density at radius 2 is 1.86 bits per heavy atom. The number of hydrogen-bond donors (Lipinski definition) is 2. The van der Waals surface area contributed by atoms with Crippen molar-refractivity contribution in [1.82, 2.24) is 9.97 Å². The van der Waals surface area contributed by atoms with Gasteiger partial charge >= 0.3 is 12.1 Å². The molecule has 1 amide bonds. The zero-order valence-corrected chi connectivity index (χ0v) is 19.6. The topological polar surface area (TPSA) is 110 Å². The van der Waals surface area contributed by atoms with Crippen LogP contribution in [0.2, 0.25) is 5.02 Å². The van der Waals surface area contributed by atoms with E-state index in [0.29, 0.717) is 11.6 Å². The van der Waals surface area contributed by atoms with Gasteiger partial charge in [-0.3, -0.25) is 14.8 Å². The number of amides is 1. The number of alkyl halides is 3. The molecule has 2 aromatic heterocycles. The zero-order valence-electron chi connectivity index (χ0n) is 18.1. The number of aryl methyl sites for hydroxylation is 1. The van der Waals surface area contributed by atoms with Crippen molar-refractivity contribution in [2.24, 2.45) is 0 Å². The Kier molecular flexibility index (Phi) is 7.52. The fraction of sp³-hybridized carbons (Fsp3) is 0.136. The summed E-state index contributed by atoms with van der Waals surface area (Å²) in [6.07, 6.45) is -2.18. The van der Waals surface area contributed by atoms with Crippen LogP contribution in [0.1, 0.15) is 18.1 Å². The van der Waals surface area contributed by atoms with Crippen LogP contribution in [0, 0.1) is 18.8 Å². The summed E-state index contributed by atoms with van der Waals surface area (Å²) in [5, 5.41) is 1.81. The van der Waals surface area contributed by atoms with Crippen LogP contribution in [0.4, 0.5) is 24.7 Å². The number of anilines is 2. The summed E-state index contributed by atoms with van der Waals surface area (Å²) < 4.78 is 73.0. The summed E-state index contributed by atoms with van der Waals surface area (Å²) >= 11 is 5.58. The van der Waals surface area contributed by atoms with Gasteiger partial charge in [-0.05, 0) is 61.7 Å². The molecule has 3 rings (SSSR count). The summed E-state index contributed by atoms with van der Waals surface area (Å²) in [7, 11) is -4.47. The minimum Gasteiger partial charge on any atom is -0.435 e. The number of carbonyl (C=O) groups excluding carboxylic acids is 1. The number of halogens is 4. The maximum atomic E-state index is 13.2. The number of carbonyl (C=O) groups is 1. The van der Waals surface area contributed by atoms with E-state index in [0.717, 1.165) is 12.1 Å². The van der Waals surface area contributed by atoms with Crippen molar-refractivity contribution in [3.05, 3.63) is 64.9 Å². The largest absolute Gasteiger partial charge is 0.435 e. The zero-order chi connectivity index (χ0) is 25.8. The van der Waals surface area contributed by atoms with Gasteiger partial charge in [0.25, 0.3) is 10.0 Å². The van der Waals surface area contributed by atoms with Crippen molar-refractivity contribution in [1.29, 1.82) is 0 Å². The molecule has 182 valence electrons. The summed E-state index contributed by atoms with van der Waals surface area (Å²) in [6.45, 7) is 3.14. The van der Waals surface area contributed by atoms with Gasteiger partial charge in [0.15, 0.2) is 0 Å². The van der Waals surface area contributed by atoms with Gasteiger partial charge in [0.05, 0.1) is 21.7 Å². The van der Waals surface area contributed by atoms with Crippen LogP contribution in [0.5, 0.6) is 11.6 Å². The number of sulfonamides is 1. The van der Waals surface area contributed by atoms with Gasteiger partial charge in [0.1, 0.15) is 17.3 Å². The Labute approximate surface area is 203 Å². The molecule has 0 saturated carbocycles. The minimum atomic E-state index is -4.84. The van der Waals surface area contributed by atoms with E-state index in [1.165, 1.54) is 37.5 Å². The summed E-state index contributed by atoms with van der Waals surface area (Å²) in [4.78, 5) is 18.9. The van der Waals surface area contributed by atoms with Crippen molar-refractivity contribution in [3.8, 4) is 23.5 Å². The summed E-state index contributed by atoms with van der Waals surface area (Å²) in [5.74, 6) is 4.35. The third kappa shape index (κ3) is 6.62. The molecule has 0 bridgehead atoms. The molecule has 2 N–H and O–H groups in total. The number of nitrogens with zero attached hydrogens (tertiary/aromatic N) is 2. The number of rotatable bonds is 6. The number of hydrogen-bond acceptors (Lipinski definition) is 6. The number of benzene rings is 1. The first-order chi connectivity index (χ1) is 16.4. The first-order valence-electron chi connectivity index (χ1n) is 9.63. The second-order valence-electron chi connectivity index (χ2n) is 6.92. The normalized spacial score (nSPS) is 11.3. The summed E-state index contributed by atoms with van der Waals surface area (Å²) in [6, 6.07) is 6.50. The number of pyridine rings is 2. The molecule has 8 nitrogen and oxygen atoms in total. The minimum absolute atomic E-state index is 0.121. The number of ether oxygens (including phenoxy) is 1. The van der Waals surface area contributed by atoms with Gasteiger partial charge in [0, 0.05) is 6.20 Å². The second-order valence-corrected chi connectivity index (χ2v) is 9.01. The van der Waals surface area contributed by atoms with Crippen molar-refractivity contribution in [3.63, 3.8) is 0 Å². The smallest absolute Gasteiger partial charge is 0.417 e. The molecule has 0 radical (unpaired) electrons. The molecule has 0 spiro atoms. The fourth-order valence-corrected chi connectivity index (χ4v) is 3.99. The highest BCUT2D eigenvalue weighted by molar-refractivity contribution is 7.92. The Bertz CT molecular complexity index is 1430. The van der Waals surface area contributed by atoms with E-state index >= 15 is 0 Å². The van der Waals surface area contributed by atoms with Crippen molar-refractivity contribution >= 4 is 39.0 Å². The Balaban J connectivity index is 1.88. The standard InChI is InChI=1S/C22H16ClF3N4O4S/c1-3-4-20(31)29-19-8-5-14(12-27-19)34-21-18(9-13(2)11-28-21)30-35(32,33)15-6-7-17(23)16(10-15)22(24,25)26/h5-12,30H,1-2H3,(H,27,29,31). The van der Waals surface area contributed by atoms with Crippen LogP contribution in [-0.2, 0) is 21.0 Å². The third-order valence-electron chi connectivity index (χ3n) is 4.22. The van der Waals surface area contributed by atoms with Crippen LogP contribution in [-0.4, -0.2) is 24.3 Å². The third-order valence-corrected chi connectivity index (χ3v) is 5.91. The maximum absolute atomic E-state index is 13.2. The lowest BCUT2D eigenvalue weighted by molar-refractivity contribution is -0.137. The molecule has 0 fully saturated rings. The van der Waals surface area contributed by atoms with E-state index in [9.17, 15) is 26.4 Å². The molecular weight excluding hydrogens is 509 g/mol. The highest BCUT2D eigenvalue weighted by Gasteiger charge is 2.34. The van der Waals surface area contributed by atoms with E-state index in [1.54, 1.807) is 6.92 Å². The number of aromatic nitrogens is 2. The Morgan fingerprint density at radius 1 is 1.11 bits per heavy atom. The summed E-state index contributed by atoms with van der Waals surface area (Å²) in [5.41, 5.74) is -0.858. The average molecular weight is 525 g/mol. The van der Waals surface area contributed by atoms with Crippen molar-refractivity contribution < 1.29 is 31.1 Å².